The molecule has 1 aliphatic rings. The lowest BCUT2D eigenvalue weighted by atomic mass is 9.91. The Labute approximate surface area is 217 Å². The summed E-state index contributed by atoms with van der Waals surface area (Å²) in [5.74, 6) is -3.05. The van der Waals surface area contributed by atoms with E-state index in [-0.39, 0.29) is 6.42 Å². The minimum absolute atomic E-state index is 0.357. The predicted octanol–water partition coefficient (Wildman–Crippen LogP) is 1.92. The zero-order valence-electron chi connectivity index (χ0n) is 22.7. The van der Waals surface area contributed by atoms with Crippen LogP contribution in [0.2, 0.25) is 0 Å². The number of alkyl carbamates (subject to hydrolysis) is 1. The van der Waals surface area contributed by atoms with Gasteiger partial charge in [-0.2, -0.15) is 0 Å². The maximum atomic E-state index is 13.2. The van der Waals surface area contributed by atoms with Crippen LogP contribution in [0.15, 0.2) is 0 Å². The summed E-state index contributed by atoms with van der Waals surface area (Å²) >= 11 is 1.51. The monoisotopic (exact) mass is 531 g/mol. The minimum atomic E-state index is -1.34. The highest BCUT2D eigenvalue weighted by Gasteiger charge is 2.41. The van der Waals surface area contributed by atoms with Crippen LogP contribution >= 0.6 is 11.8 Å². The molecule has 0 aromatic heterocycles. The first kappa shape index (κ1) is 31.7. The molecule has 0 bridgehead atoms. The van der Waals surface area contributed by atoms with Crippen LogP contribution in [-0.2, 0) is 33.4 Å². The molecule has 11 nitrogen and oxygen atoms in total. The van der Waals surface area contributed by atoms with Crippen molar-refractivity contribution in [2.45, 2.75) is 97.6 Å². The lowest BCUT2D eigenvalue weighted by Gasteiger charge is -2.29. The van der Waals surface area contributed by atoms with Gasteiger partial charge in [-0.1, -0.05) is 0 Å². The summed E-state index contributed by atoms with van der Waals surface area (Å²) in [5, 5.41) is 7.82. The van der Waals surface area contributed by atoms with E-state index < -0.39 is 71.1 Å². The van der Waals surface area contributed by atoms with Gasteiger partial charge in [-0.05, 0) is 68.7 Å². The second-order valence-electron chi connectivity index (χ2n) is 11.5. The van der Waals surface area contributed by atoms with Gasteiger partial charge in [0.05, 0.1) is 6.04 Å². The summed E-state index contributed by atoms with van der Waals surface area (Å²) in [6, 6.07) is -1.93. The number of hydrogen-bond donors (Lipinski definition) is 3. The fraction of sp³-hybridized carbons (Fsp3) is 0.792. The van der Waals surface area contributed by atoms with Crippen LogP contribution in [0.4, 0.5) is 4.79 Å². The zero-order valence-corrected chi connectivity index (χ0v) is 23.6. The molecular formula is C24H41N3O8S. The summed E-state index contributed by atoms with van der Waals surface area (Å²) < 4.78 is 16.0. The molecule has 0 aromatic rings. The van der Waals surface area contributed by atoms with Crippen molar-refractivity contribution in [2.75, 3.05) is 18.2 Å². The molecule has 0 saturated carbocycles. The van der Waals surface area contributed by atoms with Gasteiger partial charge in [-0.3, -0.25) is 19.7 Å². The molecule has 1 aliphatic heterocycles. The summed E-state index contributed by atoms with van der Waals surface area (Å²) in [5.41, 5.74) is -2.51. The van der Waals surface area contributed by atoms with Crippen molar-refractivity contribution in [1.29, 1.82) is 0 Å². The molecule has 1 fully saturated rings. The number of ether oxygens (including phenoxy) is 3. The number of carbonyl (C=O) groups excluding carboxylic acids is 5. The van der Waals surface area contributed by atoms with Gasteiger partial charge in [0.1, 0.15) is 35.3 Å². The molecule has 0 radical (unpaired) electrons. The van der Waals surface area contributed by atoms with Crippen molar-refractivity contribution < 1.29 is 38.2 Å². The van der Waals surface area contributed by atoms with E-state index in [2.05, 4.69) is 16.0 Å². The average Bonchev–Trinajstić information content (AvgIpc) is 3.19. The third kappa shape index (κ3) is 12.6. The predicted molar refractivity (Wildman–Crippen MR) is 135 cm³/mol. The Bertz CT molecular complexity index is 821. The maximum Gasteiger partial charge on any atom is 0.408 e. The van der Waals surface area contributed by atoms with E-state index in [4.69, 9.17) is 14.2 Å². The number of nitrogens with one attached hydrogen (secondary N) is 3. The number of thioether (sulfide) groups is 1. The van der Waals surface area contributed by atoms with Gasteiger partial charge >= 0.3 is 18.0 Å². The largest absolute Gasteiger partial charge is 0.459 e. The van der Waals surface area contributed by atoms with Gasteiger partial charge in [0.2, 0.25) is 5.91 Å². The second kappa shape index (κ2) is 12.8. The summed E-state index contributed by atoms with van der Waals surface area (Å²) in [6.45, 7) is 14.5. The Morgan fingerprint density at radius 1 is 0.861 bits per heavy atom. The van der Waals surface area contributed by atoms with Crippen molar-refractivity contribution in [1.82, 2.24) is 16.0 Å². The fourth-order valence-electron chi connectivity index (χ4n) is 3.06. The number of hydrogen-bond acceptors (Lipinski definition) is 10. The Hall–Kier alpha value is -2.34. The van der Waals surface area contributed by atoms with Gasteiger partial charge in [-0.25, -0.2) is 9.59 Å². The average molecular weight is 532 g/mol. The lowest BCUT2D eigenvalue weighted by Crippen LogP contribution is -2.51. The van der Waals surface area contributed by atoms with Crippen molar-refractivity contribution in [3.63, 3.8) is 0 Å². The quantitative estimate of drug-likeness (QED) is 0.229. The highest BCUT2D eigenvalue weighted by Crippen LogP contribution is 2.22. The molecule has 1 heterocycles. The SMILES string of the molecule is CC(C)(C)OC(=O)NCC(=O)N[C@@H](CC(C(=O)OC(C)(C)C)C(=O)[C@@H]1CSCN1)C(=O)OC(C)(C)C. The molecule has 0 spiro atoms. The van der Waals surface area contributed by atoms with E-state index in [1.54, 1.807) is 62.3 Å². The van der Waals surface area contributed by atoms with Gasteiger partial charge < -0.3 is 24.8 Å². The van der Waals surface area contributed by atoms with Gasteiger partial charge in [-0.15, -0.1) is 11.8 Å². The number of carbonyl (C=O) groups is 5. The van der Waals surface area contributed by atoms with E-state index in [9.17, 15) is 24.0 Å². The van der Waals surface area contributed by atoms with Crippen LogP contribution in [0.25, 0.3) is 0 Å². The number of ketones is 1. The van der Waals surface area contributed by atoms with Crippen LogP contribution < -0.4 is 16.0 Å². The van der Waals surface area contributed by atoms with Crippen LogP contribution in [0.3, 0.4) is 0 Å². The normalized spacial score (nSPS) is 18.0. The van der Waals surface area contributed by atoms with Gasteiger partial charge in [0.25, 0.3) is 0 Å². The molecule has 1 rings (SSSR count). The first-order chi connectivity index (χ1) is 16.3. The van der Waals surface area contributed by atoms with E-state index in [1.165, 1.54) is 11.8 Å². The number of Topliss-reactive ketones (excluding diaryl/α,β-unsaturated/α-hetero) is 1. The second-order valence-corrected chi connectivity index (χ2v) is 12.5. The smallest absolute Gasteiger partial charge is 0.408 e. The van der Waals surface area contributed by atoms with E-state index in [0.29, 0.717) is 11.6 Å². The molecule has 0 aliphatic carbocycles. The Morgan fingerprint density at radius 2 is 1.39 bits per heavy atom. The van der Waals surface area contributed by atoms with Crippen LogP contribution in [0.5, 0.6) is 0 Å². The molecule has 1 saturated heterocycles. The highest BCUT2D eigenvalue weighted by molar-refractivity contribution is 7.99. The van der Waals surface area contributed by atoms with Crippen molar-refractivity contribution in [3.8, 4) is 0 Å². The van der Waals surface area contributed by atoms with E-state index in [0.717, 1.165) is 0 Å². The summed E-state index contributed by atoms with van der Waals surface area (Å²) in [6.07, 6.45) is -1.16. The summed E-state index contributed by atoms with van der Waals surface area (Å²) in [4.78, 5) is 63.7. The molecule has 2 amide bonds. The van der Waals surface area contributed by atoms with Gasteiger partial charge in [0, 0.05) is 11.6 Å². The number of rotatable bonds is 9. The topological polar surface area (TPSA) is 149 Å². The van der Waals surface area contributed by atoms with E-state index in [1.807, 2.05) is 0 Å². The summed E-state index contributed by atoms with van der Waals surface area (Å²) in [7, 11) is 0. The molecule has 206 valence electrons. The van der Waals surface area contributed by atoms with Crippen molar-refractivity contribution in [3.05, 3.63) is 0 Å². The Kier molecular flexibility index (Phi) is 11.2. The standard InChI is InChI=1S/C24H41N3O8S/c1-22(2,3)33-19(30)14(18(29)16-12-36-13-26-16)10-15(20(31)34-23(4,5)6)27-17(28)11-25-21(32)35-24(7,8)9/h14-16,26H,10-13H2,1-9H3,(H,25,32)(H,27,28)/t14?,15-,16-/m0/s1. The molecule has 3 N–H and O–H groups in total. The van der Waals surface area contributed by atoms with Crippen molar-refractivity contribution >= 4 is 41.5 Å². The molecule has 1 unspecified atom stereocenters. The highest BCUT2D eigenvalue weighted by atomic mass is 32.2. The first-order valence-corrected chi connectivity index (χ1v) is 13.0. The molecule has 12 heteroatoms. The first-order valence-electron chi connectivity index (χ1n) is 11.8. The third-order valence-corrected chi connectivity index (χ3v) is 5.32. The number of amides is 2. The lowest BCUT2D eigenvalue weighted by molar-refractivity contribution is -0.165. The van der Waals surface area contributed by atoms with Crippen LogP contribution in [0, 0.1) is 5.92 Å². The molecule has 0 aromatic carbocycles. The van der Waals surface area contributed by atoms with Crippen LogP contribution in [-0.4, -0.2) is 76.8 Å². The zero-order chi connectivity index (χ0) is 27.9. The van der Waals surface area contributed by atoms with Gasteiger partial charge in [0.15, 0.2) is 5.78 Å². The van der Waals surface area contributed by atoms with E-state index >= 15 is 0 Å². The fourth-order valence-corrected chi connectivity index (χ4v) is 4.01. The minimum Gasteiger partial charge on any atom is -0.459 e. The van der Waals surface area contributed by atoms with Crippen molar-refractivity contribution in [2.24, 2.45) is 5.92 Å². The Balaban J connectivity index is 3.10. The Morgan fingerprint density at radius 3 is 1.86 bits per heavy atom. The number of esters is 2. The molecular weight excluding hydrogens is 490 g/mol. The van der Waals surface area contributed by atoms with Crippen LogP contribution in [0.1, 0.15) is 68.7 Å². The third-order valence-electron chi connectivity index (χ3n) is 4.38. The molecule has 36 heavy (non-hydrogen) atoms. The maximum absolute atomic E-state index is 13.2. The molecule has 3 atom stereocenters.